The zero-order valence-corrected chi connectivity index (χ0v) is 89.7. The Morgan fingerprint density at radius 2 is 0.752 bits per heavy atom. The molecular weight excluding hydrogens is 1820 g/mol. The normalized spacial score (nSPS) is 49.7. The monoisotopic (exact) mass is 1990 g/mol. The molecule has 0 spiro atoms. The predicted molar refractivity (Wildman–Crippen MR) is 558 cm³/mol. The van der Waals surface area contributed by atoms with Gasteiger partial charge in [-0.1, -0.05) is 146 Å². The van der Waals surface area contributed by atoms with Crippen LogP contribution in [0.15, 0.2) is 177 Å². The molecule has 21 unspecified atom stereocenters. The van der Waals surface area contributed by atoms with Gasteiger partial charge in [0.25, 0.3) is 0 Å². The van der Waals surface area contributed by atoms with Crippen molar-refractivity contribution in [2.45, 2.75) is 388 Å². The van der Waals surface area contributed by atoms with Crippen LogP contribution >= 0.6 is 34.8 Å². The zero-order valence-electron chi connectivity index (χ0n) is 87.4. The number of hydrogen-bond acceptors (Lipinski definition) is 6. The number of ketones is 4. The van der Waals surface area contributed by atoms with Crippen LogP contribution in [0, 0.1) is 189 Å². The molecule has 0 saturated heterocycles. The lowest BCUT2D eigenvalue weighted by Crippen LogP contribution is -2.57. The van der Waals surface area contributed by atoms with Crippen molar-refractivity contribution in [2.75, 3.05) is 0 Å². The van der Waals surface area contributed by atoms with Crippen LogP contribution < -0.4 is 0 Å². The summed E-state index contributed by atoms with van der Waals surface area (Å²) in [5.74, 6) is 10.2. The third-order valence-corrected chi connectivity index (χ3v) is 49.8. The molecule has 6 nitrogen and oxygen atoms in total. The van der Waals surface area contributed by atoms with Gasteiger partial charge in [-0.3, -0.25) is 19.2 Å². The number of carbonyl (C=O) groups is 4. The van der Waals surface area contributed by atoms with Crippen LogP contribution in [0.25, 0.3) is 0 Å². The molecular formula is C127H166Cl3F5O6. The van der Waals surface area contributed by atoms with Crippen LogP contribution in [0.2, 0.25) is 0 Å². The lowest BCUT2D eigenvalue weighted by molar-refractivity contribution is -0.165. The van der Waals surface area contributed by atoms with E-state index in [1.54, 1.807) is 12.2 Å². The van der Waals surface area contributed by atoms with E-state index in [9.17, 15) is 42.6 Å². The van der Waals surface area contributed by atoms with E-state index >= 15 is 8.78 Å². The highest BCUT2D eigenvalue weighted by Gasteiger charge is 2.69. The quantitative estimate of drug-likeness (QED) is 0.142. The van der Waals surface area contributed by atoms with E-state index in [-0.39, 0.29) is 124 Å². The predicted octanol–water partition coefficient (Wildman–Crippen LogP) is 32.4. The van der Waals surface area contributed by atoms with E-state index in [2.05, 4.69) is 162 Å². The summed E-state index contributed by atoms with van der Waals surface area (Å²) in [5, 5.41) is 21.0. The highest BCUT2D eigenvalue weighted by Crippen LogP contribution is 2.76. The highest BCUT2D eigenvalue weighted by atomic mass is 35.5. The van der Waals surface area contributed by atoms with E-state index in [4.69, 9.17) is 34.8 Å². The van der Waals surface area contributed by atoms with Gasteiger partial charge in [0.2, 0.25) is 0 Å². The largest absolute Gasteiger partial charge is 0.396 e. The summed E-state index contributed by atoms with van der Waals surface area (Å²) in [6.07, 6.45) is 48.6. The number of carbonyl (C=O) groups excluding carboxylic acids is 4. The molecule has 19 saturated carbocycles. The number of aliphatic hydroxyl groups excluding tert-OH is 2. The van der Waals surface area contributed by atoms with Crippen LogP contribution in [0.5, 0.6) is 0 Å². The number of fused-ring (bicyclic) bond motifs is 30. The standard InChI is InChI=1S/C22H31F3O.C21H27ClO.2C21H25ClO.C21H31FO.C21H27FO/c1-4-16-19(22(23,24)25)12-18-15-6-5-13-11-14(26)7-9-20(13,2)17(15)8-10-21(16,18)3;5*1-4-13-5-6-16-15-12-19(22)18-11-14(23)7-9-21(18,3)17(15)8-10-20(13,16)2/h13-15,17-19,26H,1,5-12H2,2-3H3;11,15-17,19H,1,5-10,12H2,2-3H3;11-12,15-17H,1,5-10H2,2-3H3;7,9,11,15-17,19H,1,5-6,8,10,12H2,2-3H3;14-19,23H,1,5-12H2,2-3H3;11,15-17,19H,1,5-10,12H2,2-3H3/t13?,14?,15?,17?,18?,19?,20-,21+;15?,16?,17?,19-,20+,21+;15?,16?,17?,20-,21-;15?,16?,17?,19-,20+,21+;14-,15?,16?,17?,18+,19-,20+,21+;15?,16?,17?,19-,20+,21+/m001000/s1. The first-order valence-corrected chi connectivity index (χ1v) is 57.3. The minimum Gasteiger partial charge on any atom is -0.393 e. The van der Waals surface area contributed by atoms with Crippen molar-refractivity contribution in [1.82, 2.24) is 0 Å². The number of allylic oxidation sites excluding steroid dienone is 16. The lowest BCUT2D eigenvalue weighted by atomic mass is 9.44. The maximum atomic E-state index is 15.1. The average molecular weight is 1990 g/mol. The van der Waals surface area contributed by atoms with Gasteiger partial charge in [-0.15, -0.1) is 57.6 Å². The van der Waals surface area contributed by atoms with Gasteiger partial charge in [0.05, 0.1) is 28.9 Å². The molecule has 19 fully saturated rings. The summed E-state index contributed by atoms with van der Waals surface area (Å²) in [6.45, 7) is 51.3. The molecule has 39 atom stereocenters. The van der Waals surface area contributed by atoms with Gasteiger partial charge in [0.15, 0.2) is 23.1 Å². The van der Waals surface area contributed by atoms with E-state index in [1.165, 1.54) is 123 Å². The van der Waals surface area contributed by atoms with Crippen LogP contribution in [0.4, 0.5) is 22.0 Å². The third kappa shape index (κ3) is 16.5. The molecule has 0 aromatic carbocycles. The molecule has 0 amide bonds. The lowest BCUT2D eigenvalue weighted by Gasteiger charge is -2.61. The molecule has 0 radical (unpaired) electrons. The average Bonchev–Trinajstić information content (AvgIpc) is 1.59. The minimum atomic E-state index is -4.19. The van der Waals surface area contributed by atoms with Crippen molar-refractivity contribution in [1.29, 1.82) is 0 Å². The molecule has 14 heteroatoms. The molecule has 0 aromatic heterocycles. The Balaban J connectivity index is 0.000000108. The molecule has 766 valence electrons. The van der Waals surface area contributed by atoms with Crippen LogP contribution in [-0.2, 0) is 19.2 Å². The van der Waals surface area contributed by atoms with Crippen LogP contribution in [-0.4, -0.2) is 74.8 Å². The molecule has 24 aliphatic rings. The Morgan fingerprint density at radius 3 is 1.26 bits per heavy atom. The Hall–Kier alpha value is -5.32. The summed E-state index contributed by atoms with van der Waals surface area (Å²) >= 11 is 20.3. The summed E-state index contributed by atoms with van der Waals surface area (Å²) in [5.41, 5.74) is 32.0. The van der Waals surface area contributed by atoms with Gasteiger partial charge in [-0.2, -0.15) is 13.2 Å². The van der Waals surface area contributed by atoms with Crippen molar-refractivity contribution >= 4 is 57.9 Å². The molecule has 0 heterocycles. The second kappa shape index (κ2) is 37.7. The number of alkyl halides is 7. The second-order valence-corrected chi connectivity index (χ2v) is 54.9. The molecule has 0 aromatic rings. The van der Waals surface area contributed by atoms with E-state index in [1.807, 2.05) is 25.2 Å². The molecule has 2 N–H and O–H groups in total. The summed E-state index contributed by atoms with van der Waals surface area (Å²) in [6, 6.07) is 0. The topological polar surface area (TPSA) is 109 Å². The zero-order chi connectivity index (χ0) is 101. The molecule has 24 aliphatic carbocycles. The van der Waals surface area contributed by atoms with Crippen molar-refractivity contribution in [3.63, 3.8) is 0 Å². The Morgan fingerprint density at radius 1 is 0.355 bits per heavy atom. The van der Waals surface area contributed by atoms with Gasteiger partial charge in [0, 0.05) is 29.7 Å². The molecule has 141 heavy (non-hydrogen) atoms. The van der Waals surface area contributed by atoms with Gasteiger partial charge < -0.3 is 10.2 Å². The summed E-state index contributed by atoms with van der Waals surface area (Å²) in [4.78, 5) is 47.5. The first kappa shape index (κ1) is 104. The van der Waals surface area contributed by atoms with Gasteiger partial charge in [0.1, 0.15) is 12.3 Å². The fourth-order valence-corrected chi connectivity index (χ4v) is 42.3. The Labute approximate surface area is 857 Å². The van der Waals surface area contributed by atoms with Gasteiger partial charge >= 0.3 is 6.18 Å². The van der Waals surface area contributed by atoms with Crippen LogP contribution in [0.3, 0.4) is 0 Å². The van der Waals surface area contributed by atoms with Crippen molar-refractivity contribution in [3.8, 4) is 0 Å². The van der Waals surface area contributed by atoms with E-state index in [0.29, 0.717) is 144 Å². The molecule has 24 rings (SSSR count). The summed E-state index contributed by atoms with van der Waals surface area (Å²) in [7, 11) is 0. The summed E-state index contributed by atoms with van der Waals surface area (Å²) < 4.78 is 71.2. The van der Waals surface area contributed by atoms with E-state index < -0.39 is 24.4 Å². The number of halogens is 8. The van der Waals surface area contributed by atoms with Gasteiger partial charge in [-0.25, -0.2) is 8.78 Å². The first-order valence-electron chi connectivity index (χ1n) is 56.0. The minimum absolute atomic E-state index is 0.00531. The fraction of sp³-hybridized carbons (Fsp3) is 0.732. The Kier molecular flexibility index (Phi) is 27.9. The number of aliphatic hydroxyl groups is 2. The second-order valence-electron chi connectivity index (χ2n) is 53.5. The molecule has 0 bridgehead atoms. The maximum Gasteiger partial charge on any atom is 0.396 e. The van der Waals surface area contributed by atoms with E-state index in [0.717, 1.165) is 163 Å². The Bertz CT molecular complexity index is 5450. The van der Waals surface area contributed by atoms with Gasteiger partial charge in [-0.05, 0) is 508 Å². The van der Waals surface area contributed by atoms with Crippen molar-refractivity contribution in [2.24, 2.45) is 189 Å². The first-order chi connectivity index (χ1) is 66.6. The SMILES string of the molecule is C=C=C1C(C(F)(F)F)CC2C3CCC4CC(O)CC[C@]4(C)C3CC[C@]12C.C=C=C1CCC2C3C=C(Cl)C4=CC(=O)CC[C@]4(C)C3CC[C@]12C.C=C=C1CCC2C3C[C@H](Cl)C4=CC(=O)C=C[C@]4(C)C3CC[C@]12C.C=C=C1CCC2C3C[C@H](Cl)C4=CC(=O)CC[C@]4(C)C3CC[C@]12C.C=C=C1CCC2C3C[C@H](F)C4=CC(=O)CC[C@]4(C)C3CC[C@]12C.C=C=C1CCC2C3C[C@H](F)[C@H]4C[C@@H](O)CC[C@]4(C)C3CC[C@]12C. The number of hydrogen-bond donors (Lipinski definition) is 2. The highest BCUT2D eigenvalue weighted by molar-refractivity contribution is 6.32. The van der Waals surface area contributed by atoms with Crippen molar-refractivity contribution in [3.05, 3.63) is 177 Å². The fourth-order valence-electron chi connectivity index (χ4n) is 40.8. The third-order valence-electron chi connectivity index (χ3n) is 48.6. The maximum absolute atomic E-state index is 15.1. The van der Waals surface area contributed by atoms with Crippen LogP contribution in [0.1, 0.15) is 346 Å². The molecule has 0 aliphatic heterocycles. The number of rotatable bonds is 0. The van der Waals surface area contributed by atoms with Crippen molar-refractivity contribution < 1.29 is 51.3 Å². The smallest absolute Gasteiger partial charge is 0.393 e.